The quantitative estimate of drug-likeness (QED) is 0.832. The van der Waals surface area contributed by atoms with E-state index in [1.165, 1.54) is 12.1 Å². The molecule has 0 saturated carbocycles. The summed E-state index contributed by atoms with van der Waals surface area (Å²) in [5, 5.41) is 0. The molecule has 0 aliphatic rings. The number of hydrogen-bond acceptors (Lipinski definition) is 3. The number of nitrogens with two attached hydrogens (primary N) is 1. The SMILES string of the molecule is CCC(N)C(Oc1ccc(F)cc1C)c1ccc(Br)s1. The Labute approximate surface area is 130 Å². The molecule has 0 spiro atoms. The number of ether oxygens (including phenoxy) is 1. The van der Waals surface area contributed by atoms with E-state index in [0.29, 0.717) is 5.75 Å². The third-order valence-corrected chi connectivity index (χ3v) is 4.81. The Bertz CT molecular complexity index is 587. The van der Waals surface area contributed by atoms with E-state index in [1.807, 2.05) is 26.0 Å². The number of benzene rings is 1. The highest BCUT2D eigenvalue weighted by Gasteiger charge is 2.23. The molecule has 2 nitrogen and oxygen atoms in total. The lowest BCUT2D eigenvalue weighted by Gasteiger charge is -2.24. The molecule has 1 heterocycles. The van der Waals surface area contributed by atoms with Crippen molar-refractivity contribution in [1.82, 2.24) is 0 Å². The van der Waals surface area contributed by atoms with Crippen LogP contribution in [0.4, 0.5) is 4.39 Å². The van der Waals surface area contributed by atoms with Gasteiger partial charge in [0.15, 0.2) is 0 Å². The number of aryl methyl sites for hydroxylation is 1. The van der Waals surface area contributed by atoms with Gasteiger partial charge in [0.1, 0.15) is 17.7 Å². The number of rotatable bonds is 5. The number of hydrogen-bond donors (Lipinski definition) is 1. The van der Waals surface area contributed by atoms with Gasteiger partial charge in [-0.1, -0.05) is 6.92 Å². The van der Waals surface area contributed by atoms with E-state index in [4.69, 9.17) is 10.5 Å². The fourth-order valence-corrected chi connectivity index (χ4v) is 3.46. The summed E-state index contributed by atoms with van der Waals surface area (Å²) in [7, 11) is 0. The van der Waals surface area contributed by atoms with E-state index in [1.54, 1.807) is 17.4 Å². The van der Waals surface area contributed by atoms with Crippen LogP contribution in [0.5, 0.6) is 5.75 Å². The zero-order valence-electron chi connectivity index (χ0n) is 11.4. The highest BCUT2D eigenvalue weighted by molar-refractivity contribution is 9.11. The van der Waals surface area contributed by atoms with Crippen LogP contribution < -0.4 is 10.5 Å². The maximum atomic E-state index is 13.2. The van der Waals surface area contributed by atoms with Gasteiger partial charge in [0.05, 0.1) is 3.79 Å². The van der Waals surface area contributed by atoms with Crippen LogP contribution in [0.1, 0.15) is 29.9 Å². The van der Waals surface area contributed by atoms with Gasteiger partial charge in [-0.2, -0.15) is 0 Å². The maximum Gasteiger partial charge on any atom is 0.148 e. The second kappa shape index (κ2) is 6.70. The van der Waals surface area contributed by atoms with Crippen LogP contribution in [0, 0.1) is 12.7 Å². The average molecular weight is 358 g/mol. The zero-order chi connectivity index (χ0) is 14.7. The van der Waals surface area contributed by atoms with Crippen molar-refractivity contribution in [3.63, 3.8) is 0 Å². The summed E-state index contributed by atoms with van der Waals surface area (Å²) in [5.74, 6) is 0.412. The molecular weight excluding hydrogens is 341 g/mol. The van der Waals surface area contributed by atoms with E-state index < -0.39 is 0 Å². The molecule has 0 bridgehead atoms. The summed E-state index contributed by atoms with van der Waals surface area (Å²) < 4.78 is 20.2. The topological polar surface area (TPSA) is 35.2 Å². The Morgan fingerprint density at radius 3 is 2.65 bits per heavy atom. The molecule has 108 valence electrons. The Kier molecular flexibility index (Phi) is 5.18. The van der Waals surface area contributed by atoms with E-state index in [9.17, 15) is 4.39 Å². The summed E-state index contributed by atoms with van der Waals surface area (Å²) in [6, 6.07) is 8.41. The first-order valence-electron chi connectivity index (χ1n) is 6.45. The van der Waals surface area contributed by atoms with Crippen molar-refractivity contribution >= 4 is 27.3 Å². The molecule has 2 N–H and O–H groups in total. The summed E-state index contributed by atoms with van der Waals surface area (Å²) >= 11 is 5.06. The van der Waals surface area contributed by atoms with Crippen LogP contribution in [-0.2, 0) is 0 Å². The minimum absolute atomic E-state index is 0.106. The third kappa shape index (κ3) is 3.59. The van der Waals surface area contributed by atoms with Crippen LogP contribution in [0.3, 0.4) is 0 Å². The molecule has 0 saturated heterocycles. The molecule has 0 fully saturated rings. The van der Waals surface area contributed by atoms with E-state index in [0.717, 1.165) is 20.6 Å². The minimum atomic E-state index is -0.259. The van der Waals surface area contributed by atoms with Gasteiger partial charge in [-0.25, -0.2) is 4.39 Å². The lowest BCUT2D eigenvalue weighted by atomic mass is 10.1. The Balaban J connectivity index is 2.28. The Hall–Kier alpha value is -0.910. The molecule has 2 atom stereocenters. The molecule has 1 aromatic carbocycles. The summed E-state index contributed by atoms with van der Waals surface area (Å²) in [6.45, 7) is 3.86. The lowest BCUT2D eigenvalue weighted by Crippen LogP contribution is -2.31. The van der Waals surface area contributed by atoms with Gasteiger partial charge in [0, 0.05) is 10.9 Å². The summed E-state index contributed by atoms with van der Waals surface area (Å²) in [5.41, 5.74) is 6.95. The molecule has 0 radical (unpaired) electrons. The zero-order valence-corrected chi connectivity index (χ0v) is 13.8. The molecule has 20 heavy (non-hydrogen) atoms. The number of thiophene rings is 1. The van der Waals surface area contributed by atoms with Gasteiger partial charge in [0.25, 0.3) is 0 Å². The minimum Gasteiger partial charge on any atom is -0.483 e. The van der Waals surface area contributed by atoms with Crippen molar-refractivity contribution in [2.24, 2.45) is 5.73 Å². The first-order valence-corrected chi connectivity index (χ1v) is 8.05. The largest absolute Gasteiger partial charge is 0.483 e. The third-order valence-electron chi connectivity index (χ3n) is 3.13. The normalized spacial score (nSPS) is 14.1. The first kappa shape index (κ1) is 15.5. The monoisotopic (exact) mass is 357 g/mol. The van der Waals surface area contributed by atoms with Gasteiger partial charge in [0.2, 0.25) is 0 Å². The maximum absolute atomic E-state index is 13.2. The predicted molar refractivity (Wildman–Crippen MR) is 84.8 cm³/mol. The van der Waals surface area contributed by atoms with Gasteiger partial charge in [-0.3, -0.25) is 0 Å². The second-order valence-corrected chi connectivity index (χ2v) is 7.16. The lowest BCUT2D eigenvalue weighted by molar-refractivity contribution is 0.173. The Morgan fingerprint density at radius 2 is 2.10 bits per heavy atom. The van der Waals surface area contributed by atoms with Crippen LogP contribution in [0.2, 0.25) is 0 Å². The average Bonchev–Trinajstić information content (AvgIpc) is 2.83. The van der Waals surface area contributed by atoms with E-state index in [-0.39, 0.29) is 18.0 Å². The molecular formula is C15H17BrFNOS. The molecule has 1 aromatic heterocycles. The smallest absolute Gasteiger partial charge is 0.148 e. The van der Waals surface area contributed by atoms with Crippen molar-refractivity contribution in [2.45, 2.75) is 32.4 Å². The van der Waals surface area contributed by atoms with Crippen molar-refractivity contribution in [2.75, 3.05) is 0 Å². The van der Waals surface area contributed by atoms with Gasteiger partial charge >= 0.3 is 0 Å². The van der Waals surface area contributed by atoms with Crippen molar-refractivity contribution in [1.29, 1.82) is 0 Å². The van der Waals surface area contributed by atoms with Crippen LogP contribution in [-0.4, -0.2) is 6.04 Å². The molecule has 0 amide bonds. The van der Waals surface area contributed by atoms with Crippen molar-refractivity contribution in [3.8, 4) is 5.75 Å². The number of halogens is 2. The molecule has 0 aliphatic carbocycles. The fourth-order valence-electron chi connectivity index (χ4n) is 1.93. The molecule has 2 rings (SSSR count). The van der Waals surface area contributed by atoms with Crippen LogP contribution in [0.15, 0.2) is 34.1 Å². The van der Waals surface area contributed by atoms with Gasteiger partial charge < -0.3 is 10.5 Å². The van der Waals surface area contributed by atoms with E-state index in [2.05, 4.69) is 15.9 Å². The Morgan fingerprint density at radius 1 is 1.35 bits per heavy atom. The van der Waals surface area contributed by atoms with E-state index >= 15 is 0 Å². The van der Waals surface area contributed by atoms with Gasteiger partial charge in [-0.15, -0.1) is 11.3 Å². The highest BCUT2D eigenvalue weighted by Crippen LogP contribution is 2.33. The van der Waals surface area contributed by atoms with Gasteiger partial charge in [-0.05, 0) is 65.2 Å². The van der Waals surface area contributed by atoms with Crippen LogP contribution in [0.25, 0.3) is 0 Å². The summed E-state index contributed by atoms with van der Waals surface area (Å²) in [6.07, 6.45) is 0.584. The molecule has 5 heteroatoms. The van der Waals surface area contributed by atoms with Crippen molar-refractivity contribution < 1.29 is 9.13 Å². The molecule has 0 aliphatic heterocycles. The first-order chi connectivity index (χ1) is 9.51. The van der Waals surface area contributed by atoms with Crippen molar-refractivity contribution in [3.05, 3.63) is 50.4 Å². The van der Waals surface area contributed by atoms with Crippen LogP contribution >= 0.6 is 27.3 Å². The molecule has 2 aromatic rings. The molecule has 2 unspecified atom stereocenters. The second-order valence-electron chi connectivity index (χ2n) is 4.66. The summed E-state index contributed by atoms with van der Waals surface area (Å²) in [4.78, 5) is 1.06. The standard InChI is InChI=1S/C15H17BrFNOS/c1-3-11(18)15(13-6-7-14(16)20-13)19-12-5-4-10(17)8-9(12)2/h4-8,11,15H,3,18H2,1-2H3. The predicted octanol–water partition coefficient (Wildman–Crippen LogP) is 4.82. The fraction of sp³-hybridized carbons (Fsp3) is 0.333. The highest BCUT2D eigenvalue weighted by atomic mass is 79.9.